The summed E-state index contributed by atoms with van der Waals surface area (Å²) < 4.78 is 0. The molecule has 1 aromatic carbocycles. The molecule has 0 unspecified atom stereocenters. The predicted molar refractivity (Wildman–Crippen MR) is 80.4 cm³/mol. The summed E-state index contributed by atoms with van der Waals surface area (Å²) in [5.41, 5.74) is 9.02. The van der Waals surface area contributed by atoms with Gasteiger partial charge in [0.1, 0.15) is 0 Å². The summed E-state index contributed by atoms with van der Waals surface area (Å²) in [6.07, 6.45) is 3.48. The molecule has 1 aromatic heterocycles. The Labute approximate surface area is 118 Å². The number of nitrogens with two attached hydrogens (primary N) is 1. The van der Waals surface area contributed by atoms with Gasteiger partial charge >= 0.3 is 0 Å². The van der Waals surface area contributed by atoms with Crippen molar-refractivity contribution in [1.82, 2.24) is 9.88 Å². The van der Waals surface area contributed by atoms with Crippen molar-refractivity contribution in [2.75, 3.05) is 25.1 Å². The summed E-state index contributed by atoms with van der Waals surface area (Å²) in [5.74, 6) is -0.0445. The molecule has 0 aliphatic heterocycles. The zero-order valence-electron chi connectivity index (χ0n) is 11.6. The molecule has 20 heavy (non-hydrogen) atoms. The van der Waals surface area contributed by atoms with Gasteiger partial charge in [-0.3, -0.25) is 9.78 Å². The van der Waals surface area contributed by atoms with Gasteiger partial charge in [-0.15, -0.1) is 0 Å². The average molecular weight is 270 g/mol. The quantitative estimate of drug-likeness (QED) is 0.833. The van der Waals surface area contributed by atoms with Crippen LogP contribution in [0.4, 0.5) is 11.4 Å². The SMILES string of the molecule is CN(C)C(=O)c1ccc(N)c(NCc2ccncc2)c1. The first-order chi connectivity index (χ1) is 9.58. The van der Waals surface area contributed by atoms with Crippen LogP contribution in [0.25, 0.3) is 0 Å². The Kier molecular flexibility index (Phi) is 4.20. The number of hydrogen-bond donors (Lipinski definition) is 2. The first kappa shape index (κ1) is 13.9. The van der Waals surface area contributed by atoms with Crippen LogP contribution in [0, 0.1) is 0 Å². The zero-order chi connectivity index (χ0) is 14.5. The second kappa shape index (κ2) is 6.06. The average Bonchev–Trinajstić information content (AvgIpc) is 2.46. The molecule has 5 heteroatoms. The Morgan fingerprint density at radius 3 is 2.60 bits per heavy atom. The van der Waals surface area contributed by atoms with Crippen molar-refractivity contribution in [3.63, 3.8) is 0 Å². The summed E-state index contributed by atoms with van der Waals surface area (Å²) in [6.45, 7) is 0.631. The third kappa shape index (κ3) is 3.26. The second-order valence-corrected chi connectivity index (χ2v) is 4.71. The number of amides is 1. The molecule has 5 nitrogen and oxygen atoms in total. The molecule has 0 aliphatic rings. The number of anilines is 2. The molecule has 0 saturated heterocycles. The van der Waals surface area contributed by atoms with Crippen molar-refractivity contribution in [3.8, 4) is 0 Å². The summed E-state index contributed by atoms with van der Waals surface area (Å²) in [7, 11) is 3.45. The maximum Gasteiger partial charge on any atom is 0.253 e. The molecular formula is C15H18N4O. The van der Waals surface area contributed by atoms with Crippen LogP contribution in [0.15, 0.2) is 42.7 Å². The van der Waals surface area contributed by atoms with E-state index in [4.69, 9.17) is 5.73 Å². The third-order valence-corrected chi connectivity index (χ3v) is 2.94. The van der Waals surface area contributed by atoms with Crippen LogP contribution < -0.4 is 11.1 Å². The fraction of sp³-hybridized carbons (Fsp3) is 0.200. The number of carbonyl (C=O) groups excluding carboxylic acids is 1. The molecule has 3 N–H and O–H groups in total. The monoisotopic (exact) mass is 270 g/mol. The van der Waals surface area contributed by atoms with E-state index in [9.17, 15) is 4.79 Å². The lowest BCUT2D eigenvalue weighted by Crippen LogP contribution is -2.21. The molecular weight excluding hydrogens is 252 g/mol. The molecule has 0 fully saturated rings. The smallest absolute Gasteiger partial charge is 0.253 e. The number of pyridine rings is 1. The number of hydrogen-bond acceptors (Lipinski definition) is 4. The van der Waals surface area contributed by atoms with Gasteiger partial charge in [-0.1, -0.05) is 0 Å². The molecule has 0 saturated carbocycles. The first-order valence-electron chi connectivity index (χ1n) is 6.32. The van der Waals surface area contributed by atoms with E-state index in [1.54, 1.807) is 44.7 Å². The van der Waals surface area contributed by atoms with E-state index in [1.807, 2.05) is 12.1 Å². The lowest BCUT2D eigenvalue weighted by Gasteiger charge is -2.14. The van der Waals surface area contributed by atoms with E-state index >= 15 is 0 Å². The summed E-state index contributed by atoms with van der Waals surface area (Å²) in [5, 5.41) is 3.24. The Balaban J connectivity index is 2.15. The number of nitrogen functional groups attached to an aromatic ring is 1. The number of aromatic nitrogens is 1. The minimum atomic E-state index is -0.0445. The van der Waals surface area contributed by atoms with Gasteiger partial charge in [-0.25, -0.2) is 0 Å². The maximum atomic E-state index is 11.9. The molecule has 1 amide bonds. The van der Waals surface area contributed by atoms with Gasteiger partial charge in [0.2, 0.25) is 0 Å². The first-order valence-corrected chi connectivity index (χ1v) is 6.32. The van der Waals surface area contributed by atoms with Crippen molar-refractivity contribution >= 4 is 17.3 Å². The minimum Gasteiger partial charge on any atom is -0.397 e. The maximum absolute atomic E-state index is 11.9. The summed E-state index contributed by atoms with van der Waals surface area (Å²) >= 11 is 0. The van der Waals surface area contributed by atoms with Gasteiger partial charge < -0.3 is 16.0 Å². The van der Waals surface area contributed by atoms with Crippen molar-refractivity contribution in [1.29, 1.82) is 0 Å². The van der Waals surface area contributed by atoms with Crippen LogP contribution in [-0.4, -0.2) is 29.9 Å². The van der Waals surface area contributed by atoms with Gasteiger partial charge in [0.25, 0.3) is 5.91 Å². The molecule has 0 spiro atoms. The van der Waals surface area contributed by atoms with Gasteiger partial charge in [-0.2, -0.15) is 0 Å². The highest BCUT2D eigenvalue weighted by Crippen LogP contribution is 2.21. The highest BCUT2D eigenvalue weighted by atomic mass is 16.2. The van der Waals surface area contributed by atoms with Crippen LogP contribution in [0.5, 0.6) is 0 Å². The Bertz CT molecular complexity index is 596. The number of nitrogens with one attached hydrogen (secondary N) is 1. The standard InChI is InChI=1S/C15H18N4O/c1-19(2)15(20)12-3-4-13(16)14(9-12)18-10-11-5-7-17-8-6-11/h3-9,18H,10,16H2,1-2H3. The Morgan fingerprint density at radius 1 is 1.25 bits per heavy atom. The zero-order valence-corrected chi connectivity index (χ0v) is 11.6. The highest BCUT2D eigenvalue weighted by molar-refractivity contribution is 5.95. The largest absolute Gasteiger partial charge is 0.397 e. The minimum absolute atomic E-state index is 0.0445. The molecule has 104 valence electrons. The molecule has 0 radical (unpaired) electrons. The van der Waals surface area contributed by atoms with Crippen LogP contribution >= 0.6 is 0 Å². The third-order valence-electron chi connectivity index (χ3n) is 2.94. The number of rotatable bonds is 4. The van der Waals surface area contributed by atoms with Gasteiger partial charge in [0.15, 0.2) is 0 Å². The van der Waals surface area contributed by atoms with Gasteiger partial charge in [0.05, 0.1) is 11.4 Å². The van der Waals surface area contributed by atoms with E-state index in [1.165, 1.54) is 4.90 Å². The van der Waals surface area contributed by atoms with E-state index in [0.717, 1.165) is 11.3 Å². The van der Waals surface area contributed by atoms with Crippen LogP contribution in [0.1, 0.15) is 15.9 Å². The second-order valence-electron chi connectivity index (χ2n) is 4.71. The fourth-order valence-electron chi connectivity index (χ4n) is 1.80. The topological polar surface area (TPSA) is 71.2 Å². The van der Waals surface area contributed by atoms with Crippen molar-refractivity contribution in [3.05, 3.63) is 53.9 Å². The Morgan fingerprint density at radius 2 is 1.95 bits per heavy atom. The van der Waals surface area contributed by atoms with Crippen LogP contribution in [-0.2, 0) is 6.54 Å². The lowest BCUT2D eigenvalue weighted by molar-refractivity contribution is 0.0827. The molecule has 2 rings (SSSR count). The van der Waals surface area contributed by atoms with E-state index in [0.29, 0.717) is 17.8 Å². The number of carbonyl (C=O) groups is 1. The normalized spacial score (nSPS) is 10.1. The van der Waals surface area contributed by atoms with Crippen molar-refractivity contribution in [2.45, 2.75) is 6.54 Å². The molecule has 1 heterocycles. The molecule has 0 atom stereocenters. The van der Waals surface area contributed by atoms with Crippen LogP contribution in [0.2, 0.25) is 0 Å². The van der Waals surface area contributed by atoms with Crippen molar-refractivity contribution in [2.24, 2.45) is 0 Å². The summed E-state index contributed by atoms with van der Waals surface area (Å²) in [6, 6.07) is 9.11. The summed E-state index contributed by atoms with van der Waals surface area (Å²) in [4.78, 5) is 17.4. The van der Waals surface area contributed by atoms with Crippen molar-refractivity contribution < 1.29 is 4.79 Å². The predicted octanol–water partition coefficient (Wildman–Crippen LogP) is 1.98. The Hall–Kier alpha value is -2.56. The van der Waals surface area contributed by atoms with E-state index in [-0.39, 0.29) is 5.91 Å². The highest BCUT2D eigenvalue weighted by Gasteiger charge is 2.10. The lowest BCUT2D eigenvalue weighted by atomic mass is 10.1. The van der Waals surface area contributed by atoms with Gasteiger partial charge in [-0.05, 0) is 35.9 Å². The number of nitrogens with zero attached hydrogens (tertiary/aromatic N) is 2. The fourth-order valence-corrected chi connectivity index (χ4v) is 1.80. The molecule has 0 bridgehead atoms. The van der Waals surface area contributed by atoms with E-state index in [2.05, 4.69) is 10.3 Å². The van der Waals surface area contributed by atoms with Gasteiger partial charge in [0, 0.05) is 38.6 Å². The van der Waals surface area contributed by atoms with Crippen LogP contribution in [0.3, 0.4) is 0 Å². The molecule has 2 aromatic rings. The molecule has 0 aliphatic carbocycles. The van der Waals surface area contributed by atoms with E-state index < -0.39 is 0 Å². The number of benzene rings is 1.